The highest BCUT2D eigenvalue weighted by Gasteiger charge is 2.16. The summed E-state index contributed by atoms with van der Waals surface area (Å²) < 4.78 is 40.7. The second-order valence-corrected chi connectivity index (χ2v) is 5.50. The molecular weight excluding hydrogens is 341 g/mol. The Bertz CT molecular complexity index is 1100. The van der Waals surface area contributed by atoms with E-state index >= 15 is 0 Å². The topological polar surface area (TPSA) is 50.7 Å². The van der Waals surface area contributed by atoms with Crippen molar-refractivity contribution in [2.75, 3.05) is 5.32 Å². The molecule has 4 nitrogen and oxygen atoms in total. The standard InChI is InChI=1S/C19H11F3N4/c20-13-7-8-15(17(22)16(13)21)25-19-12-5-1-2-6-14(12)24-18(26-19)11-4-3-9-23-10-11/h1-10H,(H,24,25,26). The molecule has 0 amide bonds. The number of pyridine rings is 1. The Labute approximate surface area is 146 Å². The predicted octanol–water partition coefficient (Wildman–Crippen LogP) is 4.85. The van der Waals surface area contributed by atoms with E-state index in [1.54, 1.807) is 42.7 Å². The van der Waals surface area contributed by atoms with Gasteiger partial charge in [0.1, 0.15) is 5.82 Å². The summed E-state index contributed by atoms with van der Waals surface area (Å²) in [6.07, 6.45) is 3.23. The average Bonchev–Trinajstić information content (AvgIpc) is 2.69. The van der Waals surface area contributed by atoms with E-state index in [0.717, 1.165) is 12.1 Å². The fourth-order valence-electron chi connectivity index (χ4n) is 2.55. The van der Waals surface area contributed by atoms with Gasteiger partial charge in [-0.2, -0.15) is 0 Å². The van der Waals surface area contributed by atoms with E-state index in [-0.39, 0.29) is 11.5 Å². The number of fused-ring (bicyclic) bond motifs is 1. The van der Waals surface area contributed by atoms with Gasteiger partial charge in [-0.05, 0) is 36.4 Å². The van der Waals surface area contributed by atoms with Crippen LogP contribution in [0, 0.1) is 17.5 Å². The van der Waals surface area contributed by atoms with E-state index in [1.807, 2.05) is 6.07 Å². The fourth-order valence-corrected chi connectivity index (χ4v) is 2.55. The van der Waals surface area contributed by atoms with Crippen LogP contribution >= 0.6 is 0 Å². The van der Waals surface area contributed by atoms with Crippen LogP contribution in [0.25, 0.3) is 22.3 Å². The van der Waals surface area contributed by atoms with Crippen molar-refractivity contribution in [1.82, 2.24) is 15.0 Å². The summed E-state index contributed by atoms with van der Waals surface area (Å²) in [7, 11) is 0. The lowest BCUT2D eigenvalue weighted by atomic mass is 10.2. The molecule has 128 valence electrons. The van der Waals surface area contributed by atoms with Crippen molar-refractivity contribution in [2.45, 2.75) is 0 Å². The number of hydrogen-bond acceptors (Lipinski definition) is 4. The molecule has 0 saturated heterocycles. The molecule has 0 aliphatic rings. The van der Waals surface area contributed by atoms with Crippen LogP contribution in [0.5, 0.6) is 0 Å². The first kappa shape index (κ1) is 16.0. The van der Waals surface area contributed by atoms with Gasteiger partial charge in [0.05, 0.1) is 11.2 Å². The minimum absolute atomic E-state index is 0.218. The van der Waals surface area contributed by atoms with Crippen molar-refractivity contribution >= 4 is 22.4 Å². The largest absolute Gasteiger partial charge is 0.337 e. The van der Waals surface area contributed by atoms with Gasteiger partial charge in [0.15, 0.2) is 23.3 Å². The molecule has 26 heavy (non-hydrogen) atoms. The third-order valence-corrected chi connectivity index (χ3v) is 3.81. The highest BCUT2D eigenvalue weighted by atomic mass is 19.2. The number of para-hydroxylation sites is 1. The zero-order chi connectivity index (χ0) is 18.1. The highest BCUT2D eigenvalue weighted by molar-refractivity contribution is 5.92. The molecule has 0 spiro atoms. The summed E-state index contributed by atoms with van der Waals surface area (Å²) in [6, 6.07) is 12.6. The van der Waals surface area contributed by atoms with Gasteiger partial charge in [-0.3, -0.25) is 4.98 Å². The number of nitrogens with zero attached hydrogens (tertiary/aromatic N) is 3. The molecule has 7 heteroatoms. The molecule has 1 N–H and O–H groups in total. The Balaban J connectivity index is 1.87. The van der Waals surface area contributed by atoms with Crippen molar-refractivity contribution < 1.29 is 13.2 Å². The molecule has 0 radical (unpaired) electrons. The first-order valence-electron chi connectivity index (χ1n) is 7.71. The van der Waals surface area contributed by atoms with Crippen molar-refractivity contribution in [1.29, 1.82) is 0 Å². The maximum absolute atomic E-state index is 14.0. The zero-order valence-corrected chi connectivity index (χ0v) is 13.2. The van der Waals surface area contributed by atoms with E-state index in [9.17, 15) is 13.2 Å². The summed E-state index contributed by atoms with van der Waals surface area (Å²) in [5.41, 5.74) is 1.07. The van der Waals surface area contributed by atoms with Crippen molar-refractivity contribution in [2.24, 2.45) is 0 Å². The summed E-state index contributed by atoms with van der Waals surface area (Å²) >= 11 is 0. The van der Waals surface area contributed by atoms with Gasteiger partial charge in [0.2, 0.25) is 0 Å². The van der Waals surface area contributed by atoms with Gasteiger partial charge in [-0.1, -0.05) is 12.1 Å². The second-order valence-electron chi connectivity index (χ2n) is 5.50. The third-order valence-electron chi connectivity index (χ3n) is 3.81. The fraction of sp³-hybridized carbons (Fsp3) is 0. The van der Waals surface area contributed by atoms with E-state index in [0.29, 0.717) is 22.3 Å². The van der Waals surface area contributed by atoms with Gasteiger partial charge in [0, 0.05) is 23.3 Å². The van der Waals surface area contributed by atoms with Crippen molar-refractivity contribution in [3.05, 3.63) is 78.4 Å². The Morgan fingerprint density at radius 3 is 2.46 bits per heavy atom. The predicted molar refractivity (Wildman–Crippen MR) is 92.4 cm³/mol. The SMILES string of the molecule is Fc1ccc(Nc2nc(-c3cccnc3)nc3ccccc23)c(F)c1F. The van der Waals surface area contributed by atoms with E-state index in [2.05, 4.69) is 20.3 Å². The molecule has 2 aromatic carbocycles. The smallest absolute Gasteiger partial charge is 0.196 e. The van der Waals surface area contributed by atoms with Crippen molar-refractivity contribution in [3.8, 4) is 11.4 Å². The molecule has 2 aromatic heterocycles. The Morgan fingerprint density at radius 2 is 1.65 bits per heavy atom. The molecule has 0 atom stereocenters. The van der Waals surface area contributed by atoms with Gasteiger partial charge in [0.25, 0.3) is 0 Å². The molecule has 2 heterocycles. The molecule has 0 unspecified atom stereocenters. The van der Waals surface area contributed by atoms with Crippen LogP contribution in [-0.4, -0.2) is 15.0 Å². The summed E-state index contributed by atoms with van der Waals surface area (Å²) in [6.45, 7) is 0. The summed E-state index contributed by atoms with van der Waals surface area (Å²) in [4.78, 5) is 12.9. The van der Waals surface area contributed by atoms with Gasteiger partial charge >= 0.3 is 0 Å². The van der Waals surface area contributed by atoms with Crippen LogP contribution in [-0.2, 0) is 0 Å². The second kappa shape index (κ2) is 6.44. The Hall–Kier alpha value is -3.48. The molecule has 0 aliphatic carbocycles. The normalized spacial score (nSPS) is 10.9. The molecule has 4 rings (SSSR count). The molecule has 0 saturated carbocycles. The maximum Gasteiger partial charge on any atom is 0.196 e. The molecular formula is C19H11F3N4. The molecule has 4 aromatic rings. The average molecular weight is 352 g/mol. The van der Waals surface area contributed by atoms with Gasteiger partial charge < -0.3 is 5.32 Å². The monoisotopic (exact) mass is 352 g/mol. The quantitative estimate of drug-likeness (QED) is 0.536. The van der Waals surface area contributed by atoms with E-state index < -0.39 is 17.5 Å². The number of nitrogens with one attached hydrogen (secondary N) is 1. The number of aromatic nitrogens is 3. The first-order chi connectivity index (χ1) is 12.6. The number of hydrogen-bond donors (Lipinski definition) is 1. The summed E-state index contributed by atoms with van der Waals surface area (Å²) in [5.74, 6) is -3.45. The van der Waals surface area contributed by atoms with Gasteiger partial charge in [-0.15, -0.1) is 0 Å². The number of benzene rings is 2. The highest BCUT2D eigenvalue weighted by Crippen LogP contribution is 2.29. The minimum atomic E-state index is -1.54. The van der Waals surface area contributed by atoms with Crippen LogP contribution in [0.3, 0.4) is 0 Å². The number of halogens is 3. The Morgan fingerprint density at radius 1 is 0.808 bits per heavy atom. The van der Waals surface area contributed by atoms with Gasteiger partial charge in [-0.25, -0.2) is 23.1 Å². The van der Waals surface area contributed by atoms with Crippen LogP contribution < -0.4 is 5.32 Å². The number of rotatable bonds is 3. The molecule has 0 aliphatic heterocycles. The third kappa shape index (κ3) is 2.83. The van der Waals surface area contributed by atoms with Crippen molar-refractivity contribution in [3.63, 3.8) is 0 Å². The lowest BCUT2D eigenvalue weighted by Gasteiger charge is -2.12. The number of anilines is 2. The lowest BCUT2D eigenvalue weighted by Crippen LogP contribution is -2.03. The van der Waals surface area contributed by atoms with Crippen LogP contribution in [0.4, 0.5) is 24.7 Å². The van der Waals surface area contributed by atoms with E-state index in [1.165, 1.54) is 0 Å². The van der Waals surface area contributed by atoms with E-state index in [4.69, 9.17) is 0 Å². The van der Waals surface area contributed by atoms with Crippen LogP contribution in [0.2, 0.25) is 0 Å². The minimum Gasteiger partial charge on any atom is -0.337 e. The maximum atomic E-state index is 14.0. The molecule has 0 fully saturated rings. The van der Waals surface area contributed by atoms with Crippen LogP contribution in [0.1, 0.15) is 0 Å². The lowest BCUT2D eigenvalue weighted by molar-refractivity contribution is 0.449. The summed E-state index contributed by atoms with van der Waals surface area (Å²) in [5, 5.41) is 3.36. The zero-order valence-electron chi connectivity index (χ0n) is 13.2. The molecule has 0 bridgehead atoms. The first-order valence-corrected chi connectivity index (χ1v) is 7.71. The Kier molecular flexibility index (Phi) is 3.96. The van der Waals surface area contributed by atoms with Crippen LogP contribution in [0.15, 0.2) is 60.9 Å².